The van der Waals surface area contributed by atoms with E-state index in [1.54, 1.807) is 13.0 Å². The Kier molecular flexibility index (Phi) is 4.68. The molecule has 4 bridgehead atoms. The van der Waals surface area contributed by atoms with Crippen molar-refractivity contribution in [2.45, 2.75) is 69.9 Å². The van der Waals surface area contributed by atoms with Crippen molar-refractivity contribution in [2.75, 3.05) is 0 Å². The monoisotopic (exact) mass is 348 g/mol. The molecule has 3 aliphatic heterocycles. The number of ether oxygens (including phenoxy) is 2. The molecule has 0 aromatic carbocycles. The second-order valence-electron chi connectivity index (χ2n) is 7.68. The molecule has 6 heteroatoms. The van der Waals surface area contributed by atoms with E-state index >= 15 is 0 Å². The number of ketones is 2. The summed E-state index contributed by atoms with van der Waals surface area (Å²) in [6.07, 6.45) is 0.187. The predicted octanol–water partition coefficient (Wildman–Crippen LogP) is 1.65. The van der Waals surface area contributed by atoms with Crippen LogP contribution in [0.15, 0.2) is 23.8 Å². The number of rotatable bonds is 1. The topological polar surface area (TPSA) is 89.9 Å². The molecular weight excluding hydrogens is 324 g/mol. The summed E-state index contributed by atoms with van der Waals surface area (Å²) in [4.78, 5) is 36.8. The van der Waals surface area contributed by atoms with Gasteiger partial charge in [0, 0.05) is 25.7 Å². The maximum Gasteiger partial charge on any atom is 0.336 e. The number of fused-ring (bicyclic) bond motifs is 4. The summed E-state index contributed by atoms with van der Waals surface area (Å²) in [5.74, 6) is -0.871. The van der Waals surface area contributed by atoms with Crippen molar-refractivity contribution in [2.24, 2.45) is 5.92 Å². The highest BCUT2D eigenvalue weighted by Crippen LogP contribution is 2.38. The molecule has 25 heavy (non-hydrogen) atoms. The minimum Gasteiger partial charge on any atom is -0.456 e. The Morgan fingerprint density at radius 1 is 1.32 bits per heavy atom. The van der Waals surface area contributed by atoms with Crippen LogP contribution < -0.4 is 0 Å². The van der Waals surface area contributed by atoms with E-state index in [0.29, 0.717) is 6.42 Å². The first kappa shape index (κ1) is 18.0. The van der Waals surface area contributed by atoms with Gasteiger partial charge in [-0.15, -0.1) is 0 Å². The fraction of sp³-hybridized carbons (Fsp3) is 0.632. The van der Waals surface area contributed by atoms with Gasteiger partial charge in [-0.05, 0) is 26.2 Å². The molecule has 0 aliphatic carbocycles. The minimum absolute atomic E-state index is 0.0541. The number of carbonyl (C=O) groups excluding carboxylic acids is 3. The molecule has 6 nitrogen and oxygen atoms in total. The van der Waals surface area contributed by atoms with Crippen LogP contribution in [0.25, 0.3) is 0 Å². The third kappa shape index (κ3) is 3.60. The lowest BCUT2D eigenvalue weighted by Crippen LogP contribution is -2.35. The van der Waals surface area contributed by atoms with Crippen molar-refractivity contribution in [3.8, 4) is 0 Å². The maximum atomic E-state index is 12.4. The number of aliphatic hydroxyl groups excluding tert-OH is 1. The third-order valence-electron chi connectivity index (χ3n) is 5.34. The van der Waals surface area contributed by atoms with Crippen LogP contribution in [0.2, 0.25) is 0 Å². The molecule has 1 N–H and O–H groups in total. The molecule has 3 heterocycles. The number of esters is 1. The molecule has 0 aromatic heterocycles. The summed E-state index contributed by atoms with van der Waals surface area (Å²) in [6.45, 7) is 7.50. The normalized spacial score (nSPS) is 41.2. The number of aliphatic hydroxyl groups is 1. The molecule has 3 rings (SSSR count). The van der Waals surface area contributed by atoms with Crippen LogP contribution in [0.1, 0.15) is 46.0 Å². The van der Waals surface area contributed by atoms with Crippen LogP contribution in [0.5, 0.6) is 0 Å². The number of carbonyl (C=O) groups is 3. The molecule has 5 atom stereocenters. The van der Waals surface area contributed by atoms with Crippen molar-refractivity contribution in [1.82, 2.24) is 0 Å². The van der Waals surface area contributed by atoms with E-state index in [4.69, 9.17) is 9.47 Å². The van der Waals surface area contributed by atoms with Gasteiger partial charge < -0.3 is 14.6 Å². The molecule has 0 aromatic rings. The molecule has 2 fully saturated rings. The SMILES string of the molecule is C=C(C)[C@H]1C/C=C2\C(=O)O[C@H](C[C@]3(C)CC(=O)[C@H](CC(=O)C1)O3)[C@H]2O. The first-order valence-electron chi connectivity index (χ1n) is 8.65. The molecule has 0 spiro atoms. The standard InChI is InChI=1S/C19H24O6/c1-10(2)11-4-5-13-17(22)16(24-18(13)23)9-19(3)8-14(21)15(25-19)7-12(20)6-11/h5,11,15-17,22H,1,4,6-9H2,2-3H3/b13-5-/t11-,15-,16+,17-,19-/m0/s1. The highest BCUT2D eigenvalue weighted by atomic mass is 16.6. The number of Topliss-reactive ketones (excluding diaryl/α,β-unsaturated/α-hetero) is 2. The first-order valence-corrected chi connectivity index (χ1v) is 8.65. The Hall–Kier alpha value is -1.79. The summed E-state index contributed by atoms with van der Waals surface area (Å²) >= 11 is 0. The average molecular weight is 348 g/mol. The lowest BCUT2D eigenvalue weighted by molar-refractivity contribution is -0.144. The van der Waals surface area contributed by atoms with Gasteiger partial charge in [-0.3, -0.25) is 9.59 Å². The zero-order valence-corrected chi connectivity index (χ0v) is 14.6. The minimum atomic E-state index is -1.05. The number of hydrogen-bond donors (Lipinski definition) is 1. The summed E-state index contributed by atoms with van der Waals surface area (Å²) in [5, 5.41) is 10.5. The molecule has 2 saturated heterocycles. The van der Waals surface area contributed by atoms with Crippen molar-refractivity contribution in [3.63, 3.8) is 0 Å². The third-order valence-corrected chi connectivity index (χ3v) is 5.34. The Labute approximate surface area is 146 Å². The van der Waals surface area contributed by atoms with Gasteiger partial charge in [-0.2, -0.15) is 0 Å². The lowest BCUT2D eigenvalue weighted by atomic mass is 9.87. The van der Waals surface area contributed by atoms with Gasteiger partial charge in [-0.1, -0.05) is 18.2 Å². The molecule has 0 saturated carbocycles. The summed E-state index contributed by atoms with van der Waals surface area (Å²) in [5.41, 5.74) is 0.194. The summed E-state index contributed by atoms with van der Waals surface area (Å²) < 4.78 is 11.2. The smallest absolute Gasteiger partial charge is 0.336 e. The molecular formula is C19H24O6. The highest BCUT2D eigenvalue weighted by molar-refractivity contribution is 5.93. The van der Waals surface area contributed by atoms with E-state index in [9.17, 15) is 19.5 Å². The Morgan fingerprint density at radius 2 is 2.04 bits per heavy atom. The Balaban J connectivity index is 1.94. The van der Waals surface area contributed by atoms with Crippen molar-refractivity contribution in [3.05, 3.63) is 23.8 Å². The first-order chi connectivity index (χ1) is 11.7. The zero-order chi connectivity index (χ0) is 18.4. The second kappa shape index (κ2) is 6.50. The van der Waals surface area contributed by atoms with Crippen LogP contribution >= 0.6 is 0 Å². The van der Waals surface area contributed by atoms with Crippen LogP contribution in [-0.2, 0) is 23.9 Å². The van der Waals surface area contributed by atoms with Gasteiger partial charge in [-0.25, -0.2) is 4.79 Å². The second-order valence-corrected chi connectivity index (χ2v) is 7.68. The zero-order valence-electron chi connectivity index (χ0n) is 14.6. The maximum absolute atomic E-state index is 12.4. The van der Waals surface area contributed by atoms with Crippen molar-refractivity contribution >= 4 is 17.5 Å². The molecule has 3 aliphatic rings. The quantitative estimate of drug-likeness (QED) is 0.572. The predicted molar refractivity (Wildman–Crippen MR) is 88.7 cm³/mol. The molecule has 0 amide bonds. The number of allylic oxidation sites excluding steroid dienone is 2. The summed E-state index contributed by atoms with van der Waals surface area (Å²) in [6, 6.07) is 0. The Bertz CT molecular complexity index is 663. The van der Waals surface area contributed by atoms with Crippen LogP contribution in [-0.4, -0.2) is 46.6 Å². The van der Waals surface area contributed by atoms with Gasteiger partial charge in [0.25, 0.3) is 0 Å². The van der Waals surface area contributed by atoms with Gasteiger partial charge in [0.1, 0.15) is 24.1 Å². The largest absolute Gasteiger partial charge is 0.456 e. The fourth-order valence-electron chi connectivity index (χ4n) is 3.88. The van der Waals surface area contributed by atoms with Crippen LogP contribution in [0.4, 0.5) is 0 Å². The van der Waals surface area contributed by atoms with Crippen molar-refractivity contribution in [1.29, 1.82) is 0 Å². The van der Waals surface area contributed by atoms with E-state index in [1.165, 1.54) is 0 Å². The number of hydrogen-bond acceptors (Lipinski definition) is 6. The molecule has 0 radical (unpaired) electrons. The van der Waals surface area contributed by atoms with Gasteiger partial charge in [0.2, 0.25) is 0 Å². The van der Waals surface area contributed by atoms with Gasteiger partial charge in [0.15, 0.2) is 5.78 Å². The van der Waals surface area contributed by atoms with E-state index in [0.717, 1.165) is 5.57 Å². The average Bonchev–Trinajstić information content (AvgIpc) is 2.91. The van der Waals surface area contributed by atoms with Crippen LogP contribution in [0, 0.1) is 5.92 Å². The highest BCUT2D eigenvalue weighted by Gasteiger charge is 2.49. The van der Waals surface area contributed by atoms with E-state index in [1.807, 2.05) is 6.92 Å². The van der Waals surface area contributed by atoms with Crippen LogP contribution in [0.3, 0.4) is 0 Å². The summed E-state index contributed by atoms with van der Waals surface area (Å²) in [7, 11) is 0. The molecule has 136 valence electrons. The van der Waals surface area contributed by atoms with Gasteiger partial charge in [0.05, 0.1) is 11.2 Å². The molecule has 0 unspecified atom stereocenters. The van der Waals surface area contributed by atoms with E-state index in [-0.39, 0.29) is 48.7 Å². The van der Waals surface area contributed by atoms with E-state index in [2.05, 4.69) is 6.58 Å². The fourth-order valence-corrected chi connectivity index (χ4v) is 3.88. The van der Waals surface area contributed by atoms with Crippen molar-refractivity contribution < 1.29 is 29.0 Å². The lowest BCUT2D eigenvalue weighted by Gasteiger charge is -2.27. The van der Waals surface area contributed by atoms with E-state index < -0.39 is 29.9 Å². The van der Waals surface area contributed by atoms with Gasteiger partial charge >= 0.3 is 5.97 Å². The Morgan fingerprint density at radius 3 is 2.72 bits per heavy atom.